The molecule has 2 aliphatic heterocycles. The number of hydrogen-bond acceptors (Lipinski definition) is 4. The van der Waals surface area contributed by atoms with Crippen LogP contribution < -0.4 is 4.74 Å². The van der Waals surface area contributed by atoms with Crippen LogP contribution in [0.5, 0.6) is 11.7 Å². The molecule has 6 nitrogen and oxygen atoms in total. The second-order valence-electron chi connectivity index (χ2n) is 7.01. The maximum Gasteiger partial charge on any atom is 0.311 e. The Morgan fingerprint density at radius 1 is 1.23 bits per heavy atom. The van der Waals surface area contributed by atoms with Crippen LogP contribution in [0.2, 0.25) is 0 Å². The molecule has 0 unspecified atom stereocenters. The zero-order chi connectivity index (χ0) is 18.3. The number of carbonyl (C=O) groups is 2. The number of ether oxygens (including phenoxy) is 1. The number of amides is 1. The fourth-order valence-corrected chi connectivity index (χ4v) is 4.47. The summed E-state index contributed by atoms with van der Waals surface area (Å²) in [5, 5.41) is 9.74. The van der Waals surface area contributed by atoms with Crippen LogP contribution in [0, 0.1) is 5.41 Å². The normalized spacial score (nSPS) is 26.9. The topological polar surface area (TPSA) is 80.0 Å². The summed E-state index contributed by atoms with van der Waals surface area (Å²) in [7, 11) is 0. The van der Waals surface area contributed by atoms with Crippen LogP contribution in [0.15, 0.2) is 46.9 Å². The Morgan fingerprint density at radius 2 is 2.00 bits per heavy atom. The zero-order valence-electron chi connectivity index (χ0n) is 14.6. The lowest BCUT2D eigenvalue weighted by Crippen LogP contribution is -2.44. The highest BCUT2D eigenvalue weighted by atomic mass is 16.6. The van der Waals surface area contributed by atoms with Crippen LogP contribution in [0.3, 0.4) is 0 Å². The van der Waals surface area contributed by atoms with Crippen molar-refractivity contribution in [3.05, 3.63) is 48.2 Å². The highest BCUT2D eigenvalue weighted by Crippen LogP contribution is 2.52. The number of nitrogens with zero attached hydrogens (tertiary/aromatic N) is 1. The highest BCUT2D eigenvalue weighted by molar-refractivity contribution is 5.93. The van der Waals surface area contributed by atoms with E-state index in [0.717, 1.165) is 12.8 Å². The Bertz CT molecular complexity index is 830. The summed E-state index contributed by atoms with van der Waals surface area (Å²) >= 11 is 0. The second-order valence-corrected chi connectivity index (χ2v) is 7.01. The van der Waals surface area contributed by atoms with Crippen molar-refractivity contribution in [1.29, 1.82) is 0 Å². The SMILES string of the molecule is CC[C@@]1(C(=O)O)C[C@@H]2CC[C@H]1N2C(=O)c1ccc(Oc2ccccc2)o1. The van der Waals surface area contributed by atoms with Gasteiger partial charge in [0.15, 0.2) is 5.76 Å². The van der Waals surface area contributed by atoms with E-state index in [-0.39, 0.29) is 29.7 Å². The molecule has 1 aromatic carbocycles. The minimum absolute atomic E-state index is 0.0351. The van der Waals surface area contributed by atoms with E-state index in [9.17, 15) is 14.7 Å². The van der Waals surface area contributed by atoms with Gasteiger partial charge in [-0.05, 0) is 43.9 Å². The number of carboxylic acids is 1. The Morgan fingerprint density at radius 3 is 2.65 bits per heavy atom. The molecular weight excluding hydrogens is 334 g/mol. The van der Waals surface area contributed by atoms with Gasteiger partial charge in [-0.2, -0.15) is 0 Å². The maximum atomic E-state index is 13.0. The highest BCUT2D eigenvalue weighted by Gasteiger charge is 2.60. The molecule has 1 aromatic heterocycles. The molecule has 2 saturated heterocycles. The van der Waals surface area contributed by atoms with E-state index in [2.05, 4.69) is 0 Å². The largest absolute Gasteiger partial charge is 0.481 e. The number of para-hydroxylation sites is 1. The number of hydrogen-bond donors (Lipinski definition) is 1. The summed E-state index contributed by atoms with van der Waals surface area (Å²) < 4.78 is 11.2. The maximum absolute atomic E-state index is 13.0. The molecule has 3 heterocycles. The van der Waals surface area contributed by atoms with Crippen molar-refractivity contribution in [1.82, 2.24) is 4.90 Å². The van der Waals surface area contributed by atoms with Crippen LogP contribution in [0.4, 0.5) is 0 Å². The Balaban J connectivity index is 1.55. The smallest absolute Gasteiger partial charge is 0.311 e. The first kappa shape index (κ1) is 16.7. The molecule has 2 aromatic rings. The molecule has 0 radical (unpaired) electrons. The van der Waals surface area contributed by atoms with E-state index in [1.54, 1.807) is 29.2 Å². The van der Waals surface area contributed by atoms with E-state index < -0.39 is 11.4 Å². The van der Waals surface area contributed by atoms with E-state index in [4.69, 9.17) is 9.15 Å². The number of fused-ring (bicyclic) bond motifs is 2. The third kappa shape index (κ3) is 2.48. The Kier molecular flexibility index (Phi) is 3.98. The van der Waals surface area contributed by atoms with E-state index in [1.165, 1.54) is 0 Å². The molecule has 3 atom stereocenters. The van der Waals surface area contributed by atoms with Crippen molar-refractivity contribution >= 4 is 11.9 Å². The molecular formula is C20H21NO5. The summed E-state index contributed by atoms with van der Waals surface area (Å²) in [5.74, 6) is -0.0105. The minimum Gasteiger partial charge on any atom is -0.481 e. The van der Waals surface area contributed by atoms with Crippen molar-refractivity contribution < 1.29 is 23.8 Å². The fraction of sp³-hybridized carbons (Fsp3) is 0.400. The van der Waals surface area contributed by atoms with E-state index in [1.807, 2.05) is 25.1 Å². The molecule has 26 heavy (non-hydrogen) atoms. The third-order valence-electron chi connectivity index (χ3n) is 5.79. The number of benzene rings is 1. The molecule has 0 spiro atoms. The van der Waals surface area contributed by atoms with Gasteiger partial charge >= 0.3 is 5.97 Å². The molecule has 1 amide bonds. The lowest BCUT2D eigenvalue weighted by Gasteiger charge is -2.32. The Hall–Kier alpha value is -2.76. The van der Waals surface area contributed by atoms with Gasteiger partial charge in [0, 0.05) is 18.2 Å². The summed E-state index contributed by atoms with van der Waals surface area (Å²) in [5.41, 5.74) is -0.839. The van der Waals surface area contributed by atoms with Gasteiger partial charge < -0.3 is 19.2 Å². The van der Waals surface area contributed by atoms with Crippen molar-refractivity contribution in [2.45, 2.75) is 44.7 Å². The molecule has 1 N–H and O–H groups in total. The number of carbonyl (C=O) groups excluding carboxylic acids is 1. The van der Waals surface area contributed by atoms with Crippen LogP contribution in [-0.2, 0) is 4.79 Å². The van der Waals surface area contributed by atoms with Gasteiger partial charge in [-0.15, -0.1) is 0 Å². The quantitative estimate of drug-likeness (QED) is 0.879. The molecule has 2 fully saturated rings. The van der Waals surface area contributed by atoms with Crippen LogP contribution in [0.25, 0.3) is 0 Å². The molecule has 2 aliphatic rings. The van der Waals surface area contributed by atoms with Gasteiger partial charge in [0.2, 0.25) is 0 Å². The van der Waals surface area contributed by atoms with E-state index in [0.29, 0.717) is 18.6 Å². The van der Waals surface area contributed by atoms with Crippen molar-refractivity contribution in [3.63, 3.8) is 0 Å². The van der Waals surface area contributed by atoms with Gasteiger partial charge in [-0.25, -0.2) is 0 Å². The summed E-state index contributed by atoms with van der Waals surface area (Å²) in [6.45, 7) is 1.89. The molecule has 0 aliphatic carbocycles. The van der Waals surface area contributed by atoms with Crippen molar-refractivity contribution in [2.75, 3.05) is 0 Å². The fourth-order valence-electron chi connectivity index (χ4n) is 4.47. The third-order valence-corrected chi connectivity index (χ3v) is 5.79. The Labute approximate surface area is 151 Å². The second kappa shape index (κ2) is 6.20. The molecule has 4 rings (SSSR count). The average Bonchev–Trinajstić information content (AvgIpc) is 3.35. The monoisotopic (exact) mass is 355 g/mol. The lowest BCUT2D eigenvalue weighted by atomic mass is 9.72. The summed E-state index contributed by atoms with van der Waals surface area (Å²) in [6.07, 6.45) is 2.61. The van der Waals surface area contributed by atoms with Gasteiger partial charge in [-0.3, -0.25) is 9.59 Å². The average molecular weight is 355 g/mol. The number of aliphatic carboxylic acids is 1. The number of carboxylic acid groups (broad SMARTS) is 1. The van der Waals surface area contributed by atoms with Crippen LogP contribution in [0.1, 0.15) is 43.2 Å². The van der Waals surface area contributed by atoms with Gasteiger partial charge in [-0.1, -0.05) is 25.1 Å². The van der Waals surface area contributed by atoms with E-state index >= 15 is 0 Å². The minimum atomic E-state index is -0.839. The van der Waals surface area contributed by atoms with Gasteiger partial charge in [0.05, 0.1) is 5.41 Å². The first-order valence-corrected chi connectivity index (χ1v) is 8.94. The van der Waals surface area contributed by atoms with Crippen molar-refractivity contribution in [3.8, 4) is 11.7 Å². The van der Waals surface area contributed by atoms with Gasteiger partial charge in [0.25, 0.3) is 11.9 Å². The predicted molar refractivity (Wildman–Crippen MR) is 93.2 cm³/mol. The van der Waals surface area contributed by atoms with Gasteiger partial charge in [0.1, 0.15) is 5.75 Å². The standard InChI is InChI=1S/C20H21NO5/c1-2-20(19(23)24)12-13-8-10-16(20)21(13)18(22)15-9-11-17(26-15)25-14-6-4-3-5-7-14/h3-7,9,11,13,16H,2,8,10,12H2,1H3,(H,23,24)/t13-,16+,20+/m0/s1. The zero-order valence-corrected chi connectivity index (χ0v) is 14.6. The predicted octanol–water partition coefficient (Wildman–Crippen LogP) is 3.93. The molecule has 0 saturated carbocycles. The summed E-state index contributed by atoms with van der Waals surface area (Å²) in [6, 6.07) is 12.1. The molecule has 2 bridgehead atoms. The summed E-state index contributed by atoms with van der Waals surface area (Å²) in [4.78, 5) is 26.6. The first-order chi connectivity index (χ1) is 12.5. The number of furan rings is 1. The van der Waals surface area contributed by atoms with Crippen molar-refractivity contribution in [2.24, 2.45) is 5.41 Å². The molecule has 136 valence electrons. The lowest BCUT2D eigenvalue weighted by molar-refractivity contribution is -0.151. The number of rotatable bonds is 5. The molecule has 6 heteroatoms. The van der Waals surface area contributed by atoms with Crippen LogP contribution in [-0.4, -0.2) is 34.0 Å². The first-order valence-electron chi connectivity index (χ1n) is 8.94. The van der Waals surface area contributed by atoms with Crippen LogP contribution >= 0.6 is 0 Å².